The van der Waals surface area contributed by atoms with Crippen LogP contribution in [0.25, 0.3) is 0 Å². The summed E-state index contributed by atoms with van der Waals surface area (Å²) in [6.07, 6.45) is -3.59. The third kappa shape index (κ3) is 11.6. The highest BCUT2D eigenvalue weighted by Gasteiger charge is 2.48. The van der Waals surface area contributed by atoms with Crippen LogP contribution in [0.3, 0.4) is 0 Å². The van der Waals surface area contributed by atoms with Crippen LogP contribution in [-0.4, -0.2) is 44.9 Å². The minimum absolute atomic E-state index is 0.0308. The molecule has 0 aliphatic heterocycles. The molecule has 0 heterocycles. The fourth-order valence-electron chi connectivity index (χ4n) is 4.82. The maximum absolute atomic E-state index is 13.4. The quantitative estimate of drug-likeness (QED) is 0.0750. The molecule has 0 N–H and O–H groups in total. The van der Waals surface area contributed by atoms with Gasteiger partial charge in [-0.3, -0.25) is 4.18 Å². The predicted molar refractivity (Wildman–Crippen MR) is 171 cm³/mol. The highest BCUT2D eigenvalue weighted by Crippen LogP contribution is 2.28. The molecule has 0 aliphatic carbocycles. The smallest absolute Gasteiger partial charge is 0.371 e. The van der Waals surface area contributed by atoms with E-state index in [9.17, 15) is 21.6 Å². The second kappa shape index (κ2) is 18.1. The van der Waals surface area contributed by atoms with Gasteiger partial charge in [-0.15, -0.1) is 0 Å². The van der Waals surface area contributed by atoms with E-state index in [0.29, 0.717) is 12.0 Å². The van der Waals surface area contributed by atoms with E-state index in [1.54, 1.807) is 24.3 Å². The van der Waals surface area contributed by atoms with Gasteiger partial charge in [0.1, 0.15) is 18.3 Å². The van der Waals surface area contributed by atoms with Gasteiger partial charge in [0, 0.05) is 0 Å². The molecule has 252 valence electrons. The van der Waals surface area contributed by atoms with Crippen LogP contribution in [0.4, 0.5) is 13.2 Å². The Labute approximate surface area is 274 Å². The van der Waals surface area contributed by atoms with Crippen LogP contribution in [-0.2, 0) is 59.7 Å². The normalized spacial score (nSPS) is 14.7. The molecule has 0 bridgehead atoms. The van der Waals surface area contributed by atoms with E-state index in [1.165, 1.54) is 0 Å². The number of alkyl halides is 3. The van der Waals surface area contributed by atoms with Crippen LogP contribution in [0.15, 0.2) is 121 Å². The maximum atomic E-state index is 13.4. The van der Waals surface area contributed by atoms with Crippen molar-refractivity contribution in [2.24, 2.45) is 0 Å². The molecule has 0 aliphatic rings. The van der Waals surface area contributed by atoms with Crippen molar-refractivity contribution in [3.63, 3.8) is 0 Å². The van der Waals surface area contributed by atoms with E-state index in [-0.39, 0.29) is 26.4 Å². The molecule has 0 saturated carbocycles. The zero-order valence-corrected chi connectivity index (χ0v) is 26.8. The average Bonchev–Trinajstić information content (AvgIpc) is 3.09. The van der Waals surface area contributed by atoms with Crippen molar-refractivity contribution in [3.8, 4) is 0 Å². The molecule has 4 atom stereocenters. The Morgan fingerprint density at radius 1 is 0.532 bits per heavy atom. The first-order valence-electron chi connectivity index (χ1n) is 15.2. The molecule has 4 aromatic rings. The topological polar surface area (TPSA) is 80.3 Å². The molecule has 0 amide bonds. The number of ether oxygens (including phenoxy) is 4. The fraction of sp³-hybridized carbons (Fsp3) is 0.333. The van der Waals surface area contributed by atoms with Crippen molar-refractivity contribution >= 4 is 10.1 Å². The maximum Gasteiger partial charge on any atom is 0.523 e. The van der Waals surface area contributed by atoms with Gasteiger partial charge in [-0.2, -0.15) is 21.6 Å². The molecule has 0 unspecified atom stereocenters. The minimum atomic E-state index is -5.94. The van der Waals surface area contributed by atoms with Crippen molar-refractivity contribution in [3.05, 3.63) is 144 Å². The van der Waals surface area contributed by atoms with Crippen LogP contribution in [0.2, 0.25) is 0 Å². The van der Waals surface area contributed by atoms with Gasteiger partial charge >= 0.3 is 15.6 Å². The summed E-state index contributed by atoms with van der Waals surface area (Å²) in [4.78, 5) is 0. The Kier molecular flexibility index (Phi) is 14.0. The zero-order chi connectivity index (χ0) is 33.5. The lowest BCUT2D eigenvalue weighted by Gasteiger charge is -2.37. The average molecular weight is 673 g/mol. The second-order valence-corrected chi connectivity index (χ2v) is 12.4. The van der Waals surface area contributed by atoms with E-state index < -0.39 is 46.6 Å². The lowest BCUT2D eigenvalue weighted by Crippen LogP contribution is -2.51. The SMILES string of the molecule is CC[C@@H](OCc1ccccc1)[C@@H](OCc1ccccc1)[C@H](OCc1ccccc1)[C@@H](COS(=O)(=O)C(F)(F)F)OCc1ccccc1. The Balaban J connectivity index is 1.71. The van der Waals surface area contributed by atoms with Crippen LogP contribution in [0.5, 0.6) is 0 Å². The van der Waals surface area contributed by atoms with Crippen LogP contribution < -0.4 is 0 Å². The fourth-order valence-corrected chi connectivity index (χ4v) is 5.27. The summed E-state index contributed by atoms with van der Waals surface area (Å²) in [7, 11) is -5.94. The lowest BCUT2D eigenvalue weighted by atomic mass is 10.00. The first-order chi connectivity index (χ1) is 22.7. The summed E-state index contributed by atoms with van der Waals surface area (Å²) in [5.41, 5.74) is -2.37. The first kappa shape index (κ1) is 36.3. The molecule has 7 nitrogen and oxygen atoms in total. The van der Waals surface area contributed by atoms with E-state index >= 15 is 0 Å². The first-order valence-corrected chi connectivity index (χ1v) is 16.6. The summed E-state index contributed by atoms with van der Waals surface area (Å²) >= 11 is 0. The van der Waals surface area contributed by atoms with Gasteiger partial charge in [0.05, 0.1) is 39.1 Å². The van der Waals surface area contributed by atoms with Gasteiger partial charge in [0.15, 0.2) is 0 Å². The van der Waals surface area contributed by atoms with Crippen LogP contribution in [0, 0.1) is 0 Å². The Morgan fingerprint density at radius 2 is 0.851 bits per heavy atom. The minimum Gasteiger partial charge on any atom is -0.371 e. The molecule has 0 aromatic heterocycles. The summed E-state index contributed by atoms with van der Waals surface area (Å²) < 4.78 is 94.3. The standard InChI is InChI=1S/C36H39F3O7S/c1-2-32(42-23-28-15-7-3-8-16-28)34(44-25-30-19-11-5-12-20-30)35(45-26-31-21-13-6-14-22-31)33(27-46-47(40,41)36(37,38)39)43-24-29-17-9-4-10-18-29/h3-22,32-35H,2,23-27H2,1H3/t32-,33-,34-,35-/m1/s1. The summed E-state index contributed by atoms with van der Waals surface area (Å²) in [6.45, 7) is 1.24. The molecule has 0 spiro atoms. The third-order valence-corrected chi connectivity index (χ3v) is 8.33. The summed E-state index contributed by atoms with van der Waals surface area (Å²) in [6, 6.07) is 37.0. The highest BCUT2D eigenvalue weighted by atomic mass is 32.2. The third-order valence-electron chi connectivity index (χ3n) is 7.31. The van der Waals surface area contributed by atoms with Crippen molar-refractivity contribution in [2.45, 2.75) is 69.7 Å². The predicted octanol–water partition coefficient (Wildman–Crippen LogP) is 7.60. The number of hydrogen-bond acceptors (Lipinski definition) is 7. The molecule has 11 heteroatoms. The van der Waals surface area contributed by atoms with Crippen molar-refractivity contribution in [1.29, 1.82) is 0 Å². The van der Waals surface area contributed by atoms with Gasteiger partial charge in [-0.25, -0.2) is 0 Å². The van der Waals surface area contributed by atoms with Gasteiger partial charge in [-0.05, 0) is 28.7 Å². The Hall–Kier alpha value is -3.58. The Bertz CT molecular complexity index is 1540. The van der Waals surface area contributed by atoms with Crippen molar-refractivity contribution < 1.29 is 44.7 Å². The van der Waals surface area contributed by atoms with E-state index in [2.05, 4.69) is 4.18 Å². The summed E-state index contributed by atoms with van der Waals surface area (Å²) in [5.74, 6) is 0. The molecule has 4 aromatic carbocycles. The van der Waals surface area contributed by atoms with Crippen molar-refractivity contribution in [2.75, 3.05) is 6.61 Å². The molecule has 0 saturated heterocycles. The molecular weight excluding hydrogens is 633 g/mol. The zero-order valence-electron chi connectivity index (χ0n) is 26.0. The Morgan fingerprint density at radius 3 is 1.19 bits per heavy atom. The number of hydrogen-bond donors (Lipinski definition) is 0. The molecular formula is C36H39F3O7S. The van der Waals surface area contributed by atoms with Crippen molar-refractivity contribution in [1.82, 2.24) is 0 Å². The van der Waals surface area contributed by atoms with Gasteiger partial charge in [0.25, 0.3) is 0 Å². The molecule has 0 radical (unpaired) electrons. The van der Waals surface area contributed by atoms with E-state index in [0.717, 1.165) is 16.7 Å². The van der Waals surface area contributed by atoms with Crippen LogP contribution >= 0.6 is 0 Å². The van der Waals surface area contributed by atoms with E-state index in [4.69, 9.17) is 18.9 Å². The van der Waals surface area contributed by atoms with E-state index in [1.807, 2.05) is 104 Å². The van der Waals surface area contributed by atoms with Gasteiger partial charge in [0.2, 0.25) is 0 Å². The summed E-state index contributed by atoms with van der Waals surface area (Å²) in [5, 5.41) is 0. The number of rotatable bonds is 19. The number of halogens is 3. The van der Waals surface area contributed by atoms with Gasteiger partial charge < -0.3 is 18.9 Å². The van der Waals surface area contributed by atoms with Crippen LogP contribution in [0.1, 0.15) is 35.6 Å². The molecule has 4 rings (SSSR count). The monoisotopic (exact) mass is 672 g/mol. The second-order valence-electron chi connectivity index (χ2n) is 10.8. The number of benzene rings is 4. The lowest BCUT2D eigenvalue weighted by molar-refractivity contribution is -0.195. The largest absolute Gasteiger partial charge is 0.523 e. The molecule has 47 heavy (non-hydrogen) atoms. The molecule has 0 fully saturated rings. The van der Waals surface area contributed by atoms with Gasteiger partial charge in [-0.1, -0.05) is 128 Å². The highest BCUT2D eigenvalue weighted by molar-refractivity contribution is 7.87.